The number of rotatable bonds is 7. The third-order valence-electron chi connectivity index (χ3n) is 5.42. The van der Waals surface area contributed by atoms with Crippen LogP contribution in [0, 0.1) is 13.8 Å². The maximum atomic E-state index is 5.96. The minimum atomic E-state index is 0.107. The molecule has 0 bridgehead atoms. The molecule has 0 N–H and O–H groups in total. The molecule has 3 aromatic rings. The molecule has 0 saturated carbocycles. The molecule has 3 heterocycles. The molecule has 0 amide bonds. The number of aryl methyl sites for hydroxylation is 1. The van der Waals surface area contributed by atoms with E-state index in [4.69, 9.17) is 18.7 Å². The largest absolute Gasteiger partial charge is 0.493 e. The van der Waals surface area contributed by atoms with Gasteiger partial charge in [-0.05, 0) is 45.2 Å². The average Bonchev–Trinajstić information content (AvgIpc) is 3.28. The molecular weight excluding hydrogens is 398 g/mol. The molecule has 9 nitrogen and oxygen atoms in total. The molecule has 0 aliphatic carbocycles. The van der Waals surface area contributed by atoms with E-state index in [0.29, 0.717) is 40.6 Å². The van der Waals surface area contributed by atoms with E-state index in [2.05, 4.69) is 25.0 Å². The Balaban J connectivity index is 1.52. The molecule has 2 aromatic heterocycles. The summed E-state index contributed by atoms with van der Waals surface area (Å²) in [6, 6.07) is 5.50. The summed E-state index contributed by atoms with van der Waals surface area (Å²) in [6.07, 6.45) is 3.57. The van der Waals surface area contributed by atoms with Gasteiger partial charge in [0, 0.05) is 24.3 Å². The molecular formula is C22H27N5O4. The van der Waals surface area contributed by atoms with Crippen molar-refractivity contribution in [1.82, 2.24) is 20.1 Å². The number of para-hydroxylation sites is 1. The smallest absolute Gasteiger partial charge is 0.264 e. The number of anilines is 1. The summed E-state index contributed by atoms with van der Waals surface area (Å²) >= 11 is 0. The summed E-state index contributed by atoms with van der Waals surface area (Å²) in [7, 11) is 3.16. The molecule has 31 heavy (non-hydrogen) atoms. The molecule has 1 saturated heterocycles. The zero-order valence-corrected chi connectivity index (χ0v) is 18.3. The summed E-state index contributed by atoms with van der Waals surface area (Å²) in [6.45, 7) is 5.97. The lowest BCUT2D eigenvalue weighted by Gasteiger charge is -2.27. The van der Waals surface area contributed by atoms with Gasteiger partial charge in [-0.15, -0.1) is 0 Å². The fraction of sp³-hybridized carbons (Fsp3) is 0.455. The Kier molecular flexibility index (Phi) is 6.20. The number of piperidine rings is 1. The van der Waals surface area contributed by atoms with Crippen LogP contribution in [0.1, 0.15) is 36.4 Å². The first kappa shape index (κ1) is 20.9. The van der Waals surface area contributed by atoms with Crippen LogP contribution in [0.15, 0.2) is 22.7 Å². The van der Waals surface area contributed by atoms with Gasteiger partial charge < -0.3 is 23.6 Å². The molecule has 9 heteroatoms. The second kappa shape index (κ2) is 9.20. The number of hydrogen-bond donors (Lipinski definition) is 0. The van der Waals surface area contributed by atoms with Gasteiger partial charge in [0.1, 0.15) is 0 Å². The summed E-state index contributed by atoms with van der Waals surface area (Å²) in [5.74, 6) is 3.14. The minimum Gasteiger partial charge on any atom is -0.493 e. The van der Waals surface area contributed by atoms with Gasteiger partial charge in [-0.2, -0.15) is 9.97 Å². The molecule has 1 aromatic carbocycles. The number of nitrogens with zero attached hydrogens (tertiary/aromatic N) is 5. The van der Waals surface area contributed by atoms with E-state index in [9.17, 15) is 0 Å². The highest BCUT2D eigenvalue weighted by Gasteiger charge is 2.19. The summed E-state index contributed by atoms with van der Waals surface area (Å²) in [4.78, 5) is 16.0. The summed E-state index contributed by atoms with van der Waals surface area (Å²) < 4.78 is 22.2. The van der Waals surface area contributed by atoms with Crippen molar-refractivity contribution in [1.29, 1.82) is 0 Å². The maximum absolute atomic E-state index is 5.96. The van der Waals surface area contributed by atoms with Crippen LogP contribution in [0.4, 0.5) is 5.95 Å². The summed E-state index contributed by atoms with van der Waals surface area (Å²) in [5, 5.41) is 4.07. The maximum Gasteiger partial charge on any atom is 0.264 e. The zero-order chi connectivity index (χ0) is 21.8. The first-order chi connectivity index (χ1) is 15.1. The van der Waals surface area contributed by atoms with Crippen LogP contribution in [0.2, 0.25) is 0 Å². The van der Waals surface area contributed by atoms with Gasteiger partial charge in [0.25, 0.3) is 5.89 Å². The minimum absolute atomic E-state index is 0.107. The second-order valence-corrected chi connectivity index (χ2v) is 7.43. The SMILES string of the molecule is COc1cccc(-c2noc(COc3nc(N4CCCCC4)nc(C)c3C)n2)c1OC. The normalized spacial score (nSPS) is 13.9. The first-order valence-corrected chi connectivity index (χ1v) is 10.4. The van der Waals surface area contributed by atoms with Crippen molar-refractivity contribution in [2.45, 2.75) is 39.7 Å². The van der Waals surface area contributed by atoms with Gasteiger partial charge >= 0.3 is 0 Å². The molecule has 4 rings (SSSR count). The Hall–Kier alpha value is -3.36. The Morgan fingerprint density at radius 3 is 2.55 bits per heavy atom. The van der Waals surface area contributed by atoms with Crippen LogP contribution in [-0.2, 0) is 6.61 Å². The molecule has 1 fully saturated rings. The molecule has 0 spiro atoms. The van der Waals surface area contributed by atoms with E-state index >= 15 is 0 Å². The fourth-order valence-corrected chi connectivity index (χ4v) is 3.58. The fourth-order valence-electron chi connectivity index (χ4n) is 3.58. The third kappa shape index (κ3) is 4.40. The number of ether oxygens (including phenoxy) is 3. The molecule has 0 unspecified atom stereocenters. The molecule has 0 radical (unpaired) electrons. The molecule has 1 aliphatic heterocycles. The lowest BCUT2D eigenvalue weighted by Crippen LogP contribution is -2.31. The van der Waals surface area contributed by atoms with Crippen molar-refractivity contribution in [3.8, 4) is 28.8 Å². The Bertz CT molecular complexity index is 1050. The van der Waals surface area contributed by atoms with Gasteiger partial charge in [-0.25, -0.2) is 4.98 Å². The zero-order valence-electron chi connectivity index (χ0n) is 18.3. The van der Waals surface area contributed by atoms with Crippen LogP contribution in [0.3, 0.4) is 0 Å². The van der Waals surface area contributed by atoms with Crippen LogP contribution in [0.25, 0.3) is 11.4 Å². The number of hydrogen-bond acceptors (Lipinski definition) is 9. The van der Waals surface area contributed by atoms with Crippen molar-refractivity contribution in [3.63, 3.8) is 0 Å². The molecule has 0 atom stereocenters. The molecule has 164 valence electrons. The van der Waals surface area contributed by atoms with E-state index in [1.807, 2.05) is 32.0 Å². The predicted molar refractivity (Wildman–Crippen MR) is 115 cm³/mol. The van der Waals surface area contributed by atoms with Crippen LogP contribution in [0.5, 0.6) is 17.4 Å². The second-order valence-electron chi connectivity index (χ2n) is 7.43. The van der Waals surface area contributed by atoms with E-state index in [1.54, 1.807) is 14.2 Å². The quantitative estimate of drug-likeness (QED) is 0.561. The van der Waals surface area contributed by atoms with Crippen LogP contribution < -0.4 is 19.1 Å². The standard InChI is InChI=1S/C22H27N5O4/c1-14-15(2)23-22(27-11-6-5-7-12-27)25-21(14)30-13-18-24-20(26-31-18)16-9-8-10-17(28-3)19(16)29-4/h8-10H,5-7,11-13H2,1-4H3. The number of benzene rings is 1. The van der Waals surface area contributed by atoms with Crippen LogP contribution >= 0.6 is 0 Å². The van der Waals surface area contributed by atoms with Gasteiger partial charge in [-0.1, -0.05) is 11.2 Å². The van der Waals surface area contributed by atoms with Crippen molar-refractivity contribution in [2.75, 3.05) is 32.2 Å². The lowest BCUT2D eigenvalue weighted by atomic mass is 10.1. The Morgan fingerprint density at radius 2 is 1.81 bits per heavy atom. The van der Waals surface area contributed by atoms with Crippen molar-refractivity contribution >= 4 is 5.95 Å². The summed E-state index contributed by atoms with van der Waals surface area (Å²) in [5.41, 5.74) is 2.48. The highest BCUT2D eigenvalue weighted by molar-refractivity contribution is 5.68. The Morgan fingerprint density at radius 1 is 1.00 bits per heavy atom. The average molecular weight is 425 g/mol. The molecule has 1 aliphatic rings. The van der Waals surface area contributed by atoms with E-state index < -0.39 is 0 Å². The Labute approximate surface area is 181 Å². The van der Waals surface area contributed by atoms with Crippen molar-refractivity contribution in [2.24, 2.45) is 0 Å². The van der Waals surface area contributed by atoms with E-state index in [1.165, 1.54) is 6.42 Å². The monoisotopic (exact) mass is 425 g/mol. The van der Waals surface area contributed by atoms with Gasteiger partial charge in [0.15, 0.2) is 18.1 Å². The number of aromatic nitrogens is 4. The van der Waals surface area contributed by atoms with E-state index in [0.717, 1.165) is 37.2 Å². The predicted octanol–water partition coefficient (Wildman–Crippen LogP) is 3.73. The van der Waals surface area contributed by atoms with Gasteiger partial charge in [0.2, 0.25) is 17.7 Å². The van der Waals surface area contributed by atoms with Gasteiger partial charge in [0.05, 0.1) is 19.8 Å². The van der Waals surface area contributed by atoms with Crippen molar-refractivity contribution in [3.05, 3.63) is 35.3 Å². The van der Waals surface area contributed by atoms with Crippen LogP contribution in [-0.4, -0.2) is 47.4 Å². The number of methoxy groups -OCH3 is 2. The highest BCUT2D eigenvalue weighted by atomic mass is 16.5. The third-order valence-corrected chi connectivity index (χ3v) is 5.42. The lowest BCUT2D eigenvalue weighted by molar-refractivity contribution is 0.233. The van der Waals surface area contributed by atoms with E-state index in [-0.39, 0.29) is 6.61 Å². The first-order valence-electron chi connectivity index (χ1n) is 10.4. The highest BCUT2D eigenvalue weighted by Crippen LogP contribution is 2.36. The van der Waals surface area contributed by atoms with Gasteiger partial charge in [-0.3, -0.25) is 0 Å². The topological polar surface area (TPSA) is 95.6 Å². The van der Waals surface area contributed by atoms with Crippen molar-refractivity contribution < 1.29 is 18.7 Å².